The molecule has 0 spiro atoms. The standard InChI is InChI=1S/C14H22BNO2S/c1-10-6-11(9-19-10)7-12(8-16)15-17-13(2,3)14(4,5)18-15/h6-7,9H,8,16H2,1-5H3. The van der Waals surface area contributed by atoms with Crippen molar-refractivity contribution in [1.82, 2.24) is 0 Å². The minimum atomic E-state index is -0.352. The molecule has 1 aliphatic heterocycles. The molecule has 1 aromatic rings. The Labute approximate surface area is 119 Å². The summed E-state index contributed by atoms with van der Waals surface area (Å²) in [6, 6.07) is 2.14. The van der Waals surface area contributed by atoms with Crippen molar-refractivity contribution in [3.05, 3.63) is 27.4 Å². The lowest BCUT2D eigenvalue weighted by atomic mass is 9.77. The van der Waals surface area contributed by atoms with E-state index in [9.17, 15) is 0 Å². The van der Waals surface area contributed by atoms with E-state index in [0.717, 1.165) is 11.0 Å². The van der Waals surface area contributed by atoms with E-state index in [4.69, 9.17) is 15.0 Å². The molecule has 19 heavy (non-hydrogen) atoms. The lowest BCUT2D eigenvalue weighted by Gasteiger charge is -2.32. The summed E-state index contributed by atoms with van der Waals surface area (Å²) in [6.07, 6.45) is 2.08. The van der Waals surface area contributed by atoms with Gasteiger partial charge in [0, 0.05) is 11.4 Å². The number of hydrogen-bond donors (Lipinski definition) is 1. The predicted octanol–water partition coefficient (Wildman–Crippen LogP) is 3.03. The van der Waals surface area contributed by atoms with Crippen molar-refractivity contribution in [3.63, 3.8) is 0 Å². The van der Waals surface area contributed by atoms with Crippen molar-refractivity contribution in [2.75, 3.05) is 6.54 Å². The van der Waals surface area contributed by atoms with Gasteiger partial charge in [0.2, 0.25) is 0 Å². The van der Waals surface area contributed by atoms with E-state index < -0.39 is 0 Å². The molecule has 2 rings (SSSR count). The first kappa shape index (κ1) is 14.8. The number of nitrogens with two attached hydrogens (primary N) is 1. The van der Waals surface area contributed by atoms with E-state index in [1.54, 1.807) is 11.3 Å². The highest BCUT2D eigenvalue weighted by atomic mass is 32.1. The highest BCUT2D eigenvalue weighted by Gasteiger charge is 2.52. The average molecular weight is 279 g/mol. The van der Waals surface area contributed by atoms with Crippen molar-refractivity contribution in [1.29, 1.82) is 0 Å². The molecule has 0 aliphatic carbocycles. The highest BCUT2D eigenvalue weighted by molar-refractivity contribution is 7.10. The van der Waals surface area contributed by atoms with Crippen LogP contribution >= 0.6 is 11.3 Å². The maximum atomic E-state index is 6.03. The van der Waals surface area contributed by atoms with Crippen LogP contribution in [0.3, 0.4) is 0 Å². The van der Waals surface area contributed by atoms with E-state index in [-0.39, 0.29) is 18.3 Å². The van der Waals surface area contributed by atoms with Gasteiger partial charge < -0.3 is 15.0 Å². The van der Waals surface area contributed by atoms with E-state index in [2.05, 4.69) is 52.1 Å². The molecule has 1 aromatic heterocycles. The molecule has 0 bridgehead atoms. The SMILES string of the molecule is Cc1cc(C=C(CN)B2OC(C)(C)C(C)(C)O2)cs1. The van der Waals surface area contributed by atoms with E-state index in [0.29, 0.717) is 6.54 Å². The van der Waals surface area contributed by atoms with Crippen LogP contribution in [0.4, 0.5) is 0 Å². The fraction of sp³-hybridized carbons (Fsp3) is 0.571. The monoisotopic (exact) mass is 279 g/mol. The first-order valence-electron chi connectivity index (χ1n) is 6.56. The van der Waals surface area contributed by atoms with Gasteiger partial charge in [-0.05, 0) is 57.1 Å². The van der Waals surface area contributed by atoms with E-state index >= 15 is 0 Å². The summed E-state index contributed by atoms with van der Waals surface area (Å²) in [6.45, 7) is 10.7. The minimum Gasteiger partial charge on any atom is -0.400 e. The van der Waals surface area contributed by atoms with Gasteiger partial charge in [-0.1, -0.05) is 6.08 Å². The second-order valence-electron chi connectivity index (χ2n) is 6.00. The third-order valence-electron chi connectivity index (χ3n) is 3.89. The van der Waals surface area contributed by atoms with Gasteiger partial charge in [0.25, 0.3) is 0 Å². The summed E-state index contributed by atoms with van der Waals surface area (Å²) in [5, 5.41) is 2.12. The van der Waals surface area contributed by atoms with Gasteiger partial charge in [-0.25, -0.2) is 0 Å². The second-order valence-corrected chi connectivity index (χ2v) is 7.12. The maximum Gasteiger partial charge on any atom is 0.491 e. The highest BCUT2D eigenvalue weighted by Crippen LogP contribution is 2.38. The van der Waals surface area contributed by atoms with Gasteiger partial charge in [0.05, 0.1) is 11.2 Å². The summed E-state index contributed by atoms with van der Waals surface area (Å²) in [5.74, 6) is 0. The summed E-state index contributed by atoms with van der Waals surface area (Å²) in [5.41, 5.74) is 7.36. The number of hydrogen-bond acceptors (Lipinski definition) is 4. The quantitative estimate of drug-likeness (QED) is 0.865. The smallest absolute Gasteiger partial charge is 0.400 e. The van der Waals surface area contributed by atoms with Gasteiger partial charge in [-0.3, -0.25) is 0 Å². The van der Waals surface area contributed by atoms with Crippen molar-refractivity contribution < 1.29 is 9.31 Å². The van der Waals surface area contributed by atoms with Crippen molar-refractivity contribution in [2.45, 2.75) is 45.8 Å². The Hall–Kier alpha value is -0.615. The van der Waals surface area contributed by atoms with Crippen molar-refractivity contribution in [2.24, 2.45) is 5.73 Å². The molecule has 1 fully saturated rings. The predicted molar refractivity (Wildman–Crippen MR) is 82.2 cm³/mol. The zero-order valence-electron chi connectivity index (χ0n) is 12.3. The van der Waals surface area contributed by atoms with Crippen LogP contribution in [0.15, 0.2) is 16.9 Å². The molecule has 104 valence electrons. The fourth-order valence-electron chi connectivity index (χ4n) is 1.97. The maximum absolute atomic E-state index is 6.03. The molecule has 2 heterocycles. The van der Waals surface area contributed by atoms with Crippen molar-refractivity contribution in [3.8, 4) is 0 Å². The molecule has 1 aliphatic rings. The number of aryl methyl sites for hydroxylation is 1. The molecule has 0 atom stereocenters. The third-order valence-corrected chi connectivity index (χ3v) is 4.77. The molecular formula is C14H22BNO2S. The van der Waals surface area contributed by atoms with Crippen LogP contribution in [0.1, 0.15) is 38.1 Å². The van der Waals surface area contributed by atoms with Gasteiger partial charge >= 0.3 is 7.12 Å². The van der Waals surface area contributed by atoms with Crippen LogP contribution < -0.4 is 5.73 Å². The molecule has 5 heteroatoms. The van der Waals surface area contributed by atoms with Crippen LogP contribution in [0.2, 0.25) is 0 Å². The average Bonchev–Trinajstić information content (AvgIpc) is 2.78. The first-order valence-corrected chi connectivity index (χ1v) is 7.44. The largest absolute Gasteiger partial charge is 0.491 e. The molecule has 0 saturated carbocycles. The summed E-state index contributed by atoms with van der Waals surface area (Å²) >= 11 is 1.73. The van der Waals surface area contributed by atoms with Crippen LogP contribution in [0, 0.1) is 6.92 Å². The number of rotatable bonds is 3. The molecule has 2 N–H and O–H groups in total. The Morgan fingerprint density at radius 1 is 1.32 bits per heavy atom. The Kier molecular flexibility index (Phi) is 3.93. The second kappa shape index (κ2) is 5.06. The molecule has 1 saturated heterocycles. The van der Waals surface area contributed by atoms with Crippen molar-refractivity contribution >= 4 is 24.5 Å². The lowest BCUT2D eigenvalue weighted by molar-refractivity contribution is 0.00578. The Morgan fingerprint density at radius 2 is 1.89 bits per heavy atom. The molecule has 0 radical (unpaired) electrons. The van der Waals surface area contributed by atoms with Gasteiger partial charge in [0.1, 0.15) is 0 Å². The normalized spacial score (nSPS) is 22.0. The Bertz CT molecular complexity index is 477. The zero-order chi connectivity index (χ0) is 14.3. The fourth-order valence-corrected chi connectivity index (χ4v) is 2.63. The molecule has 0 unspecified atom stereocenters. The van der Waals surface area contributed by atoms with Gasteiger partial charge in [-0.15, -0.1) is 11.3 Å². The first-order chi connectivity index (χ1) is 8.75. The third kappa shape index (κ3) is 2.94. The summed E-state index contributed by atoms with van der Waals surface area (Å²) in [7, 11) is -0.352. The topological polar surface area (TPSA) is 44.5 Å². The Morgan fingerprint density at radius 3 is 2.32 bits per heavy atom. The molecule has 0 aromatic carbocycles. The minimum absolute atomic E-state index is 0.323. The molecular weight excluding hydrogens is 257 g/mol. The zero-order valence-corrected chi connectivity index (χ0v) is 13.1. The van der Waals surface area contributed by atoms with Crippen LogP contribution in [-0.2, 0) is 9.31 Å². The van der Waals surface area contributed by atoms with E-state index in [1.807, 2.05) is 0 Å². The lowest BCUT2D eigenvalue weighted by Crippen LogP contribution is -2.41. The number of thiophene rings is 1. The Balaban J connectivity index is 2.23. The van der Waals surface area contributed by atoms with Crippen LogP contribution in [0.25, 0.3) is 6.08 Å². The van der Waals surface area contributed by atoms with Crippen LogP contribution in [0.5, 0.6) is 0 Å². The summed E-state index contributed by atoms with van der Waals surface area (Å²) < 4.78 is 12.1. The van der Waals surface area contributed by atoms with Crippen LogP contribution in [-0.4, -0.2) is 24.9 Å². The molecule has 3 nitrogen and oxygen atoms in total. The van der Waals surface area contributed by atoms with Gasteiger partial charge in [0.15, 0.2) is 0 Å². The van der Waals surface area contributed by atoms with Gasteiger partial charge in [-0.2, -0.15) is 0 Å². The summed E-state index contributed by atoms with van der Waals surface area (Å²) in [4.78, 5) is 1.29. The molecule has 0 amide bonds. The van der Waals surface area contributed by atoms with E-state index in [1.165, 1.54) is 4.88 Å².